The largest absolute Gasteiger partial charge is 0.493 e. The molecule has 34 heavy (non-hydrogen) atoms. The van der Waals surface area contributed by atoms with Crippen LogP contribution in [0.25, 0.3) is 11.0 Å². The van der Waals surface area contributed by atoms with Gasteiger partial charge in [0.25, 0.3) is 5.91 Å². The summed E-state index contributed by atoms with van der Waals surface area (Å²) in [4.78, 5) is 21.1. The maximum atomic E-state index is 13.4. The summed E-state index contributed by atoms with van der Waals surface area (Å²) in [5, 5.41) is 7.33. The third-order valence-electron chi connectivity index (χ3n) is 5.70. The number of methoxy groups -OCH3 is 1. The van der Waals surface area contributed by atoms with E-state index in [1.54, 1.807) is 24.6 Å². The molecule has 0 radical (unpaired) electrons. The van der Waals surface area contributed by atoms with Gasteiger partial charge in [0.15, 0.2) is 17.1 Å². The van der Waals surface area contributed by atoms with Crippen molar-refractivity contribution in [1.29, 1.82) is 0 Å². The highest BCUT2D eigenvalue weighted by atomic mass is 32.1. The number of carbonyl (C=O) groups excluding carboxylic acids is 1. The Bertz CT molecular complexity index is 1280. The zero-order chi connectivity index (χ0) is 24.2. The highest BCUT2D eigenvalue weighted by Gasteiger charge is 2.20. The number of hydrogen-bond donors (Lipinski definition) is 0. The minimum absolute atomic E-state index is 0.0521. The first kappa shape index (κ1) is 23.8. The summed E-state index contributed by atoms with van der Waals surface area (Å²) in [7, 11) is 1.63. The van der Waals surface area contributed by atoms with Crippen molar-refractivity contribution in [2.24, 2.45) is 0 Å². The molecule has 1 amide bonds. The van der Waals surface area contributed by atoms with E-state index in [9.17, 15) is 4.79 Å². The molecule has 4 rings (SSSR count). The molecule has 0 aliphatic heterocycles. The van der Waals surface area contributed by atoms with E-state index in [-0.39, 0.29) is 11.9 Å². The lowest BCUT2D eigenvalue weighted by molar-refractivity contribution is 0.0751. The molecular weight excluding hydrogens is 448 g/mol. The third-order valence-corrected chi connectivity index (χ3v) is 6.55. The van der Waals surface area contributed by atoms with Crippen LogP contribution in [-0.4, -0.2) is 39.2 Å². The van der Waals surface area contributed by atoms with Gasteiger partial charge >= 0.3 is 0 Å². The molecule has 0 spiro atoms. The first-order chi connectivity index (χ1) is 16.4. The average Bonchev–Trinajstić information content (AvgIpc) is 3.50. The fourth-order valence-electron chi connectivity index (χ4n) is 3.85. The zero-order valence-electron chi connectivity index (χ0n) is 20.2. The Morgan fingerprint density at radius 2 is 2.03 bits per heavy atom. The first-order valence-electron chi connectivity index (χ1n) is 11.4. The van der Waals surface area contributed by atoms with Gasteiger partial charge in [-0.05, 0) is 62.9 Å². The van der Waals surface area contributed by atoms with Crippen LogP contribution in [0, 0.1) is 6.92 Å². The molecular formula is C26H30N4O3S. The van der Waals surface area contributed by atoms with Crippen molar-refractivity contribution in [2.75, 3.05) is 13.7 Å². The van der Waals surface area contributed by atoms with E-state index < -0.39 is 0 Å². The number of benzene rings is 1. The molecule has 1 aromatic carbocycles. The van der Waals surface area contributed by atoms with Crippen LogP contribution < -0.4 is 9.47 Å². The molecule has 0 aliphatic rings. The summed E-state index contributed by atoms with van der Waals surface area (Å²) < 4.78 is 13.4. The second-order valence-corrected chi connectivity index (χ2v) is 9.42. The first-order valence-corrected chi connectivity index (χ1v) is 12.3. The predicted molar refractivity (Wildman–Crippen MR) is 135 cm³/mol. The smallest absolute Gasteiger partial charge is 0.256 e. The number of thiophene rings is 1. The highest BCUT2D eigenvalue weighted by molar-refractivity contribution is 7.09. The molecule has 0 fully saturated rings. The second kappa shape index (κ2) is 10.3. The van der Waals surface area contributed by atoms with E-state index in [1.165, 1.54) is 0 Å². The lowest BCUT2D eigenvalue weighted by Gasteiger charge is -2.22. The van der Waals surface area contributed by atoms with Gasteiger partial charge in [0.1, 0.15) is 6.61 Å². The number of ether oxygens (including phenoxy) is 2. The molecule has 178 valence electrons. The number of nitrogens with zero attached hydrogens (tertiary/aromatic N) is 4. The molecule has 8 heteroatoms. The minimum Gasteiger partial charge on any atom is -0.493 e. The summed E-state index contributed by atoms with van der Waals surface area (Å²) in [6.45, 7) is 9.50. The summed E-state index contributed by atoms with van der Waals surface area (Å²) in [6.07, 6.45) is 1.77. The van der Waals surface area contributed by atoms with Gasteiger partial charge < -0.3 is 14.4 Å². The fourth-order valence-corrected chi connectivity index (χ4v) is 4.47. The molecule has 3 aromatic heterocycles. The maximum Gasteiger partial charge on any atom is 0.256 e. The van der Waals surface area contributed by atoms with Crippen LogP contribution in [0.4, 0.5) is 0 Å². The summed E-state index contributed by atoms with van der Waals surface area (Å²) >= 11 is 1.66. The van der Waals surface area contributed by atoms with Crippen LogP contribution in [0.15, 0.2) is 48.0 Å². The standard InChI is InChI=1S/C26H30N4O3S/c1-6-29(26(31)22-13-20-14-27-30(17(2)3)25(20)28-18(22)4)15-19-9-10-23(24(12-19)32-5)33-16-21-8-7-11-34-21/h7-14,17H,6,15-16H2,1-5H3. The molecule has 4 aromatic rings. The Hall–Kier alpha value is -3.39. The fraction of sp³-hybridized carbons (Fsp3) is 0.346. The monoisotopic (exact) mass is 478 g/mol. The lowest BCUT2D eigenvalue weighted by atomic mass is 10.1. The van der Waals surface area contributed by atoms with Crippen LogP contribution in [0.1, 0.15) is 53.3 Å². The Kier molecular flexibility index (Phi) is 7.17. The normalized spacial score (nSPS) is 11.2. The van der Waals surface area contributed by atoms with Crippen LogP contribution in [0.3, 0.4) is 0 Å². The van der Waals surface area contributed by atoms with Crippen molar-refractivity contribution in [3.63, 3.8) is 0 Å². The number of carbonyl (C=O) groups is 1. The molecule has 0 aliphatic carbocycles. The maximum absolute atomic E-state index is 13.4. The number of fused-ring (bicyclic) bond motifs is 1. The Morgan fingerprint density at radius 1 is 1.21 bits per heavy atom. The average molecular weight is 479 g/mol. The van der Waals surface area contributed by atoms with Gasteiger partial charge in [-0.3, -0.25) is 4.79 Å². The number of pyridine rings is 1. The van der Waals surface area contributed by atoms with Crippen molar-refractivity contribution in [2.45, 2.75) is 46.9 Å². The van der Waals surface area contributed by atoms with Gasteiger partial charge in [-0.15, -0.1) is 11.3 Å². The number of aromatic nitrogens is 3. The molecule has 3 heterocycles. The van der Waals surface area contributed by atoms with Crippen LogP contribution >= 0.6 is 11.3 Å². The summed E-state index contributed by atoms with van der Waals surface area (Å²) in [5.41, 5.74) is 3.07. The van der Waals surface area contributed by atoms with Gasteiger partial charge in [-0.1, -0.05) is 12.1 Å². The zero-order valence-corrected chi connectivity index (χ0v) is 21.1. The van der Waals surface area contributed by atoms with E-state index in [0.717, 1.165) is 21.5 Å². The molecule has 0 saturated carbocycles. The van der Waals surface area contributed by atoms with Crippen molar-refractivity contribution < 1.29 is 14.3 Å². The van der Waals surface area contributed by atoms with Gasteiger partial charge in [0, 0.05) is 29.4 Å². The van der Waals surface area contributed by atoms with E-state index in [1.807, 2.05) is 65.2 Å². The second-order valence-electron chi connectivity index (χ2n) is 8.39. The predicted octanol–water partition coefficient (Wildman–Crippen LogP) is 5.63. The van der Waals surface area contributed by atoms with Crippen LogP contribution in [0.2, 0.25) is 0 Å². The lowest BCUT2D eigenvalue weighted by Crippen LogP contribution is -2.31. The Labute approximate surface area is 203 Å². The van der Waals surface area contributed by atoms with Gasteiger partial charge in [0.05, 0.1) is 24.6 Å². The number of hydrogen-bond acceptors (Lipinski definition) is 6. The van der Waals surface area contributed by atoms with Crippen molar-refractivity contribution in [3.8, 4) is 11.5 Å². The van der Waals surface area contributed by atoms with E-state index in [4.69, 9.17) is 14.5 Å². The molecule has 0 saturated heterocycles. The molecule has 0 N–H and O–H groups in total. The summed E-state index contributed by atoms with van der Waals surface area (Å²) in [5.74, 6) is 1.28. The molecule has 0 bridgehead atoms. The molecule has 7 nitrogen and oxygen atoms in total. The molecule has 0 atom stereocenters. The number of aryl methyl sites for hydroxylation is 1. The highest BCUT2D eigenvalue weighted by Crippen LogP contribution is 2.30. The third kappa shape index (κ3) is 4.92. The minimum atomic E-state index is -0.0521. The van der Waals surface area contributed by atoms with Crippen molar-refractivity contribution in [3.05, 3.63) is 69.7 Å². The van der Waals surface area contributed by atoms with Gasteiger partial charge in [0.2, 0.25) is 0 Å². The Morgan fingerprint density at radius 3 is 2.71 bits per heavy atom. The Balaban J connectivity index is 1.53. The molecule has 0 unspecified atom stereocenters. The number of amides is 1. The van der Waals surface area contributed by atoms with Crippen LogP contribution in [-0.2, 0) is 13.2 Å². The van der Waals surface area contributed by atoms with Gasteiger partial charge in [-0.2, -0.15) is 5.10 Å². The van der Waals surface area contributed by atoms with E-state index in [2.05, 4.69) is 18.9 Å². The van der Waals surface area contributed by atoms with Gasteiger partial charge in [-0.25, -0.2) is 9.67 Å². The van der Waals surface area contributed by atoms with Crippen LogP contribution in [0.5, 0.6) is 11.5 Å². The summed E-state index contributed by atoms with van der Waals surface area (Å²) in [6, 6.07) is 12.0. The topological polar surface area (TPSA) is 69.5 Å². The van der Waals surface area contributed by atoms with Crippen molar-refractivity contribution >= 4 is 28.3 Å². The number of rotatable bonds is 9. The SMILES string of the molecule is CCN(Cc1ccc(OCc2cccs2)c(OC)c1)C(=O)c1cc2cnn(C(C)C)c2nc1C. The van der Waals surface area contributed by atoms with E-state index in [0.29, 0.717) is 42.5 Å². The quantitative estimate of drug-likeness (QED) is 0.312. The van der Waals surface area contributed by atoms with E-state index >= 15 is 0 Å². The van der Waals surface area contributed by atoms with Crippen molar-refractivity contribution in [1.82, 2.24) is 19.7 Å².